The Morgan fingerprint density at radius 2 is 2.25 bits per heavy atom. The summed E-state index contributed by atoms with van der Waals surface area (Å²) < 4.78 is 5.20. The van der Waals surface area contributed by atoms with Crippen LogP contribution >= 0.6 is 0 Å². The Morgan fingerprint density at radius 3 is 2.88 bits per heavy atom. The van der Waals surface area contributed by atoms with Gasteiger partial charge < -0.3 is 9.84 Å². The van der Waals surface area contributed by atoms with Gasteiger partial charge in [0.15, 0.2) is 0 Å². The molecule has 0 aromatic heterocycles. The van der Waals surface area contributed by atoms with Crippen LogP contribution < -0.4 is 4.74 Å². The highest BCUT2D eigenvalue weighted by Gasteiger charge is 2.28. The van der Waals surface area contributed by atoms with Crippen LogP contribution in [-0.2, 0) is 6.54 Å². The van der Waals surface area contributed by atoms with Gasteiger partial charge in [-0.25, -0.2) is 0 Å². The van der Waals surface area contributed by atoms with Gasteiger partial charge in [-0.05, 0) is 30.5 Å². The molecular formula is C13H19NO2. The number of nitrogens with zero attached hydrogens (tertiary/aromatic N) is 1. The molecule has 0 unspecified atom stereocenters. The predicted molar refractivity (Wildman–Crippen MR) is 63.5 cm³/mol. The molecule has 2 rings (SSSR count). The SMILES string of the molecule is COc1cccc(CN(CCO)C2CC2)c1. The van der Waals surface area contributed by atoms with E-state index >= 15 is 0 Å². The third-order valence-corrected chi connectivity index (χ3v) is 2.97. The minimum atomic E-state index is 0.237. The molecule has 3 nitrogen and oxygen atoms in total. The van der Waals surface area contributed by atoms with Crippen LogP contribution in [0.1, 0.15) is 18.4 Å². The van der Waals surface area contributed by atoms with Gasteiger partial charge in [0.1, 0.15) is 5.75 Å². The van der Waals surface area contributed by atoms with Gasteiger partial charge in [0.05, 0.1) is 13.7 Å². The average Bonchev–Trinajstić information content (AvgIpc) is 3.13. The summed E-state index contributed by atoms with van der Waals surface area (Å²) in [5, 5.41) is 9.03. The van der Waals surface area contributed by atoms with Crippen molar-refractivity contribution in [1.29, 1.82) is 0 Å². The minimum absolute atomic E-state index is 0.237. The Balaban J connectivity index is 1.99. The summed E-state index contributed by atoms with van der Waals surface area (Å²) in [6.45, 7) is 1.91. The number of rotatable bonds is 6. The van der Waals surface area contributed by atoms with Crippen molar-refractivity contribution >= 4 is 0 Å². The lowest BCUT2D eigenvalue weighted by atomic mass is 10.2. The van der Waals surface area contributed by atoms with Gasteiger partial charge in [-0.3, -0.25) is 4.90 Å². The second kappa shape index (κ2) is 5.32. The Hall–Kier alpha value is -1.06. The van der Waals surface area contributed by atoms with Crippen LogP contribution in [0.5, 0.6) is 5.75 Å². The van der Waals surface area contributed by atoms with Crippen molar-refractivity contribution in [2.24, 2.45) is 0 Å². The highest BCUT2D eigenvalue weighted by atomic mass is 16.5. The standard InChI is InChI=1S/C13H19NO2/c1-16-13-4-2-3-11(9-13)10-14(7-8-15)12-5-6-12/h2-4,9,12,15H,5-8,10H2,1H3. The van der Waals surface area contributed by atoms with Crippen molar-refractivity contribution in [3.63, 3.8) is 0 Å². The van der Waals surface area contributed by atoms with E-state index in [0.29, 0.717) is 6.04 Å². The lowest BCUT2D eigenvalue weighted by molar-refractivity contribution is 0.183. The molecule has 0 amide bonds. The molecule has 1 fully saturated rings. The van der Waals surface area contributed by atoms with E-state index < -0.39 is 0 Å². The molecule has 0 bridgehead atoms. The van der Waals surface area contributed by atoms with Crippen molar-refractivity contribution in [2.45, 2.75) is 25.4 Å². The number of benzene rings is 1. The van der Waals surface area contributed by atoms with Gasteiger partial charge in [-0.15, -0.1) is 0 Å². The zero-order chi connectivity index (χ0) is 11.4. The fourth-order valence-corrected chi connectivity index (χ4v) is 1.96. The number of aliphatic hydroxyl groups is 1. The molecule has 0 heterocycles. The van der Waals surface area contributed by atoms with Crippen molar-refractivity contribution in [3.05, 3.63) is 29.8 Å². The summed E-state index contributed by atoms with van der Waals surface area (Å²) in [6, 6.07) is 8.82. The molecule has 1 aliphatic rings. The summed E-state index contributed by atoms with van der Waals surface area (Å²) in [5.41, 5.74) is 1.25. The monoisotopic (exact) mass is 221 g/mol. The molecule has 3 heteroatoms. The third-order valence-electron chi connectivity index (χ3n) is 2.97. The van der Waals surface area contributed by atoms with E-state index in [9.17, 15) is 0 Å². The predicted octanol–water partition coefficient (Wildman–Crippen LogP) is 1.65. The Kier molecular flexibility index (Phi) is 3.80. The van der Waals surface area contributed by atoms with Crippen LogP contribution in [0.25, 0.3) is 0 Å². The van der Waals surface area contributed by atoms with E-state index in [1.165, 1.54) is 18.4 Å². The molecule has 1 N–H and O–H groups in total. The molecule has 1 saturated carbocycles. The fraction of sp³-hybridized carbons (Fsp3) is 0.538. The molecule has 0 aliphatic heterocycles. The van der Waals surface area contributed by atoms with E-state index in [2.05, 4.69) is 17.0 Å². The van der Waals surface area contributed by atoms with E-state index in [1.54, 1.807) is 7.11 Å². The highest BCUT2D eigenvalue weighted by Crippen LogP contribution is 2.28. The van der Waals surface area contributed by atoms with Crippen LogP contribution in [0.3, 0.4) is 0 Å². The summed E-state index contributed by atoms with van der Waals surface area (Å²) in [4.78, 5) is 2.34. The number of hydrogen-bond donors (Lipinski definition) is 1. The minimum Gasteiger partial charge on any atom is -0.497 e. The first kappa shape index (κ1) is 11.4. The van der Waals surface area contributed by atoms with Crippen molar-refractivity contribution in [1.82, 2.24) is 4.90 Å². The van der Waals surface area contributed by atoms with E-state index in [0.717, 1.165) is 18.8 Å². The number of hydrogen-bond acceptors (Lipinski definition) is 3. The first-order chi connectivity index (χ1) is 7.83. The van der Waals surface area contributed by atoms with Crippen LogP contribution in [0.15, 0.2) is 24.3 Å². The quantitative estimate of drug-likeness (QED) is 0.793. The number of methoxy groups -OCH3 is 1. The fourth-order valence-electron chi connectivity index (χ4n) is 1.96. The van der Waals surface area contributed by atoms with E-state index in [4.69, 9.17) is 9.84 Å². The first-order valence-electron chi connectivity index (χ1n) is 5.81. The summed E-state index contributed by atoms with van der Waals surface area (Å²) in [6.07, 6.45) is 2.54. The molecule has 88 valence electrons. The molecule has 1 aromatic rings. The van der Waals surface area contributed by atoms with Crippen molar-refractivity contribution in [2.75, 3.05) is 20.3 Å². The average molecular weight is 221 g/mol. The summed E-state index contributed by atoms with van der Waals surface area (Å²) in [7, 11) is 1.69. The zero-order valence-corrected chi connectivity index (χ0v) is 9.72. The molecule has 0 radical (unpaired) electrons. The van der Waals surface area contributed by atoms with Crippen LogP contribution in [0.4, 0.5) is 0 Å². The van der Waals surface area contributed by atoms with Gasteiger partial charge in [-0.1, -0.05) is 12.1 Å². The summed E-state index contributed by atoms with van der Waals surface area (Å²) in [5.74, 6) is 0.900. The van der Waals surface area contributed by atoms with E-state index in [1.807, 2.05) is 12.1 Å². The van der Waals surface area contributed by atoms with Gasteiger partial charge in [0, 0.05) is 19.1 Å². The summed E-state index contributed by atoms with van der Waals surface area (Å²) >= 11 is 0. The number of ether oxygens (including phenoxy) is 1. The zero-order valence-electron chi connectivity index (χ0n) is 9.72. The third kappa shape index (κ3) is 2.97. The normalized spacial score (nSPS) is 15.4. The van der Waals surface area contributed by atoms with Crippen LogP contribution in [0.2, 0.25) is 0 Å². The Morgan fingerprint density at radius 1 is 1.44 bits per heavy atom. The maximum Gasteiger partial charge on any atom is 0.119 e. The second-order valence-corrected chi connectivity index (χ2v) is 4.28. The molecule has 0 atom stereocenters. The molecule has 0 saturated heterocycles. The highest BCUT2D eigenvalue weighted by molar-refractivity contribution is 5.28. The van der Waals surface area contributed by atoms with Gasteiger partial charge in [0.25, 0.3) is 0 Å². The Bertz CT molecular complexity index is 336. The maximum atomic E-state index is 9.03. The van der Waals surface area contributed by atoms with Crippen molar-refractivity contribution in [3.8, 4) is 5.75 Å². The molecular weight excluding hydrogens is 202 g/mol. The topological polar surface area (TPSA) is 32.7 Å². The molecule has 1 aliphatic carbocycles. The largest absolute Gasteiger partial charge is 0.497 e. The lowest BCUT2D eigenvalue weighted by Crippen LogP contribution is -2.28. The Labute approximate surface area is 96.6 Å². The van der Waals surface area contributed by atoms with Crippen molar-refractivity contribution < 1.29 is 9.84 Å². The van der Waals surface area contributed by atoms with Crippen LogP contribution in [0, 0.1) is 0 Å². The van der Waals surface area contributed by atoms with Gasteiger partial charge >= 0.3 is 0 Å². The van der Waals surface area contributed by atoms with Gasteiger partial charge in [-0.2, -0.15) is 0 Å². The maximum absolute atomic E-state index is 9.03. The lowest BCUT2D eigenvalue weighted by Gasteiger charge is -2.20. The smallest absolute Gasteiger partial charge is 0.119 e. The molecule has 1 aromatic carbocycles. The molecule has 16 heavy (non-hydrogen) atoms. The molecule has 0 spiro atoms. The van der Waals surface area contributed by atoms with Crippen LogP contribution in [-0.4, -0.2) is 36.3 Å². The second-order valence-electron chi connectivity index (χ2n) is 4.28. The van der Waals surface area contributed by atoms with Gasteiger partial charge in [0.2, 0.25) is 0 Å². The number of aliphatic hydroxyl groups excluding tert-OH is 1. The van der Waals surface area contributed by atoms with E-state index in [-0.39, 0.29) is 6.61 Å². The first-order valence-corrected chi connectivity index (χ1v) is 5.81.